The summed E-state index contributed by atoms with van der Waals surface area (Å²) in [4.78, 5) is 55.3. The summed E-state index contributed by atoms with van der Waals surface area (Å²) in [6.07, 6.45) is 0.840. The van der Waals surface area contributed by atoms with E-state index in [1.807, 2.05) is 55.5 Å². The molecular weight excluding hydrogens is 442 g/mol. The molecule has 0 radical (unpaired) electrons. The van der Waals surface area contributed by atoms with E-state index in [4.69, 9.17) is 4.74 Å². The maximum Gasteiger partial charge on any atom is 0.340 e. The Balaban J connectivity index is 1.63. The minimum absolute atomic E-state index is 0.141. The summed E-state index contributed by atoms with van der Waals surface area (Å²) in [5, 5.41) is 0. The van der Waals surface area contributed by atoms with E-state index in [-0.39, 0.29) is 17.9 Å². The van der Waals surface area contributed by atoms with E-state index in [0.717, 1.165) is 33.4 Å². The Morgan fingerprint density at radius 1 is 0.857 bits per heavy atom. The van der Waals surface area contributed by atoms with Gasteiger partial charge in [0.05, 0.1) is 35.1 Å². The lowest BCUT2D eigenvalue weighted by Crippen LogP contribution is -2.61. The minimum atomic E-state index is -1.30. The van der Waals surface area contributed by atoms with Gasteiger partial charge < -0.3 is 9.53 Å². The maximum atomic E-state index is 14.2. The third kappa shape index (κ3) is 2.39. The van der Waals surface area contributed by atoms with Gasteiger partial charge in [0, 0.05) is 5.41 Å². The van der Waals surface area contributed by atoms with E-state index in [2.05, 4.69) is 0 Å². The smallest absolute Gasteiger partial charge is 0.340 e. The average molecular weight is 466 g/mol. The molecule has 1 aliphatic heterocycles. The van der Waals surface area contributed by atoms with Crippen LogP contribution in [0.5, 0.6) is 0 Å². The number of aldehydes is 1. The van der Waals surface area contributed by atoms with E-state index >= 15 is 0 Å². The highest BCUT2D eigenvalue weighted by atomic mass is 16.5. The van der Waals surface area contributed by atoms with Crippen LogP contribution in [0.4, 0.5) is 5.69 Å². The Morgan fingerprint density at radius 3 is 1.94 bits per heavy atom. The molecule has 2 atom stereocenters. The van der Waals surface area contributed by atoms with Crippen molar-refractivity contribution in [2.45, 2.75) is 24.7 Å². The summed E-state index contributed by atoms with van der Waals surface area (Å²) in [6, 6.07) is 21.7. The molecule has 0 N–H and O–H groups in total. The van der Waals surface area contributed by atoms with Crippen LogP contribution in [-0.2, 0) is 30.0 Å². The van der Waals surface area contributed by atoms with Crippen LogP contribution in [0.2, 0.25) is 0 Å². The van der Waals surface area contributed by atoms with Gasteiger partial charge in [0.2, 0.25) is 11.8 Å². The number of hydrogen-bond donors (Lipinski definition) is 0. The van der Waals surface area contributed by atoms with Crippen LogP contribution in [0.25, 0.3) is 0 Å². The Kier molecular flexibility index (Phi) is 4.43. The highest BCUT2D eigenvalue weighted by molar-refractivity contribution is 6.26. The maximum absolute atomic E-state index is 14.2. The standard InChI is InChI=1S/C29H23NO5/c1-3-35-27(34)17-10-4-9-15-22(17)30-25(32)23-24(26(30)33)29(16-31)20-13-7-5-11-18(20)28(23,2)19-12-6-8-14-21(19)29/h4-16,23-24H,3H2,1-2H3/t23-,24+,28?,29?/m1/s1. The number of anilines is 1. The monoisotopic (exact) mass is 465 g/mol. The number of rotatable bonds is 4. The molecule has 6 nitrogen and oxygen atoms in total. The van der Waals surface area contributed by atoms with Gasteiger partial charge in [-0.05, 0) is 41.3 Å². The lowest BCUT2D eigenvalue weighted by atomic mass is 9.42. The molecule has 1 fully saturated rings. The molecule has 6 heteroatoms. The summed E-state index contributed by atoms with van der Waals surface area (Å²) in [6.45, 7) is 3.85. The van der Waals surface area contributed by atoms with Gasteiger partial charge in [-0.15, -0.1) is 0 Å². The van der Waals surface area contributed by atoms with Crippen molar-refractivity contribution in [3.8, 4) is 0 Å². The summed E-state index contributed by atoms with van der Waals surface area (Å²) in [5.74, 6) is -3.20. The van der Waals surface area contributed by atoms with Crippen molar-refractivity contribution in [1.29, 1.82) is 0 Å². The molecule has 7 rings (SSSR count). The number of para-hydroxylation sites is 1. The van der Waals surface area contributed by atoms with Crippen LogP contribution in [0.15, 0.2) is 72.8 Å². The SMILES string of the molecule is CCOC(=O)c1ccccc1N1C(=O)[C@@H]2[C@H](C1=O)C1(C)c3ccccc3C2(C=O)c2ccccc21. The number of carbonyl (C=O) groups excluding carboxylic acids is 4. The van der Waals surface area contributed by atoms with Crippen molar-refractivity contribution >= 4 is 29.8 Å². The molecule has 174 valence electrons. The summed E-state index contributed by atoms with van der Waals surface area (Å²) in [5.41, 5.74) is 1.51. The van der Waals surface area contributed by atoms with E-state index in [1.54, 1.807) is 31.2 Å². The van der Waals surface area contributed by atoms with Crippen LogP contribution < -0.4 is 4.90 Å². The Bertz CT molecular complexity index is 1390. The molecule has 3 aliphatic carbocycles. The second-order valence-corrected chi connectivity index (χ2v) is 9.49. The number of nitrogens with zero attached hydrogens (tertiary/aromatic N) is 1. The molecular formula is C29H23NO5. The lowest BCUT2D eigenvalue weighted by molar-refractivity contribution is -0.129. The van der Waals surface area contributed by atoms with Gasteiger partial charge in [-0.2, -0.15) is 0 Å². The molecule has 1 saturated heterocycles. The first kappa shape index (κ1) is 21.5. The van der Waals surface area contributed by atoms with E-state index in [1.165, 1.54) is 0 Å². The zero-order valence-electron chi connectivity index (χ0n) is 19.4. The van der Waals surface area contributed by atoms with Gasteiger partial charge in [-0.3, -0.25) is 9.59 Å². The van der Waals surface area contributed by atoms with Crippen molar-refractivity contribution in [2.75, 3.05) is 11.5 Å². The van der Waals surface area contributed by atoms with Crippen LogP contribution in [0, 0.1) is 11.8 Å². The van der Waals surface area contributed by atoms with Crippen molar-refractivity contribution in [1.82, 2.24) is 0 Å². The van der Waals surface area contributed by atoms with Crippen LogP contribution in [0.3, 0.4) is 0 Å². The molecule has 4 aliphatic rings. The fourth-order valence-corrected chi connectivity index (χ4v) is 6.75. The second kappa shape index (κ2) is 7.22. The second-order valence-electron chi connectivity index (χ2n) is 9.49. The minimum Gasteiger partial charge on any atom is -0.462 e. The number of amides is 2. The van der Waals surface area contributed by atoms with Gasteiger partial charge in [0.15, 0.2) is 0 Å². The normalized spacial score (nSPS) is 27.8. The van der Waals surface area contributed by atoms with E-state index in [0.29, 0.717) is 0 Å². The fourth-order valence-electron chi connectivity index (χ4n) is 6.75. The highest BCUT2D eigenvalue weighted by Gasteiger charge is 2.72. The molecule has 3 aromatic carbocycles. The first-order valence-electron chi connectivity index (χ1n) is 11.7. The fraction of sp³-hybridized carbons (Fsp3) is 0.241. The quantitative estimate of drug-likeness (QED) is 0.333. The number of esters is 1. The van der Waals surface area contributed by atoms with Gasteiger partial charge in [-0.1, -0.05) is 67.6 Å². The van der Waals surface area contributed by atoms with Crippen LogP contribution in [-0.4, -0.2) is 30.7 Å². The van der Waals surface area contributed by atoms with Crippen molar-refractivity contribution in [2.24, 2.45) is 11.8 Å². The first-order valence-corrected chi connectivity index (χ1v) is 11.7. The molecule has 0 aromatic heterocycles. The average Bonchev–Trinajstić information content (AvgIpc) is 3.16. The van der Waals surface area contributed by atoms with Crippen molar-refractivity contribution < 1.29 is 23.9 Å². The van der Waals surface area contributed by atoms with Gasteiger partial charge in [0.1, 0.15) is 6.29 Å². The van der Waals surface area contributed by atoms with Crippen LogP contribution >= 0.6 is 0 Å². The van der Waals surface area contributed by atoms with Gasteiger partial charge >= 0.3 is 5.97 Å². The van der Waals surface area contributed by atoms with E-state index in [9.17, 15) is 19.2 Å². The largest absolute Gasteiger partial charge is 0.462 e. The number of benzene rings is 3. The van der Waals surface area contributed by atoms with E-state index < -0.39 is 40.4 Å². The number of carbonyl (C=O) groups is 4. The summed E-state index contributed by atoms with van der Waals surface area (Å²) in [7, 11) is 0. The molecule has 35 heavy (non-hydrogen) atoms. The third-order valence-electron chi connectivity index (χ3n) is 8.11. The number of imide groups is 1. The molecule has 1 heterocycles. The van der Waals surface area contributed by atoms with Crippen molar-refractivity contribution in [3.05, 3.63) is 101 Å². The zero-order valence-corrected chi connectivity index (χ0v) is 19.4. The third-order valence-corrected chi connectivity index (χ3v) is 8.11. The van der Waals surface area contributed by atoms with Gasteiger partial charge in [-0.25, -0.2) is 9.69 Å². The first-order chi connectivity index (χ1) is 16.9. The molecule has 3 aromatic rings. The number of hydrogen-bond acceptors (Lipinski definition) is 5. The van der Waals surface area contributed by atoms with Gasteiger partial charge in [0.25, 0.3) is 0 Å². The molecule has 0 spiro atoms. The molecule has 0 unspecified atom stereocenters. The molecule has 2 amide bonds. The topological polar surface area (TPSA) is 80.8 Å². The summed E-state index contributed by atoms with van der Waals surface area (Å²) < 4.78 is 5.19. The predicted octanol–water partition coefficient (Wildman–Crippen LogP) is 3.79. The Labute approximate surface area is 202 Å². The number of ether oxygens (including phenoxy) is 1. The van der Waals surface area contributed by atoms with Crippen LogP contribution in [0.1, 0.15) is 46.5 Å². The molecule has 0 saturated carbocycles. The lowest BCUT2D eigenvalue weighted by Gasteiger charge is -2.56. The summed E-state index contributed by atoms with van der Waals surface area (Å²) >= 11 is 0. The predicted molar refractivity (Wildman–Crippen MR) is 128 cm³/mol. The Morgan fingerprint density at radius 2 is 1.37 bits per heavy atom. The molecule has 2 bridgehead atoms. The highest BCUT2D eigenvalue weighted by Crippen LogP contribution is 2.66. The van der Waals surface area contributed by atoms with Crippen molar-refractivity contribution in [3.63, 3.8) is 0 Å². The Hall–Kier alpha value is -4.06. The zero-order chi connectivity index (χ0) is 24.5.